The molecular formula is C20H21BrClN3O. The number of nitrogens with zero attached hydrogens (tertiary/aromatic N) is 2. The SMILES string of the molecule is O=C(Nc1ccc(Br)cc1Cl)N1CCN(C/C=C/c2ccccc2)CC1. The van der Waals surface area contributed by atoms with Crippen LogP contribution in [0.25, 0.3) is 6.08 Å². The Labute approximate surface area is 167 Å². The maximum absolute atomic E-state index is 12.4. The predicted octanol–water partition coefficient (Wildman–Crippen LogP) is 4.97. The summed E-state index contributed by atoms with van der Waals surface area (Å²) in [5.74, 6) is 0. The first-order valence-corrected chi connectivity index (χ1v) is 9.74. The lowest BCUT2D eigenvalue weighted by Gasteiger charge is -2.34. The van der Waals surface area contributed by atoms with Crippen LogP contribution < -0.4 is 5.32 Å². The van der Waals surface area contributed by atoms with Gasteiger partial charge in [0.15, 0.2) is 0 Å². The van der Waals surface area contributed by atoms with Gasteiger partial charge in [-0.2, -0.15) is 0 Å². The molecule has 0 aliphatic carbocycles. The number of piperazine rings is 1. The van der Waals surface area contributed by atoms with Gasteiger partial charge in [-0.1, -0.05) is 70.0 Å². The molecule has 1 heterocycles. The van der Waals surface area contributed by atoms with E-state index in [0.717, 1.165) is 24.1 Å². The van der Waals surface area contributed by atoms with E-state index in [1.54, 1.807) is 12.1 Å². The van der Waals surface area contributed by atoms with Gasteiger partial charge in [0.2, 0.25) is 0 Å². The van der Waals surface area contributed by atoms with Gasteiger partial charge in [0, 0.05) is 37.2 Å². The van der Waals surface area contributed by atoms with Crippen LogP contribution in [-0.2, 0) is 0 Å². The zero-order valence-corrected chi connectivity index (χ0v) is 16.7. The van der Waals surface area contributed by atoms with Crippen molar-refractivity contribution in [1.29, 1.82) is 0 Å². The molecule has 0 bridgehead atoms. The van der Waals surface area contributed by atoms with Crippen LogP contribution in [0.15, 0.2) is 59.1 Å². The van der Waals surface area contributed by atoms with E-state index in [-0.39, 0.29) is 6.03 Å². The molecule has 1 aliphatic rings. The Balaban J connectivity index is 1.45. The van der Waals surface area contributed by atoms with Gasteiger partial charge in [0.1, 0.15) is 0 Å². The normalized spacial score (nSPS) is 15.4. The number of nitrogens with one attached hydrogen (secondary N) is 1. The first-order chi connectivity index (χ1) is 12.6. The highest BCUT2D eigenvalue weighted by molar-refractivity contribution is 9.10. The summed E-state index contributed by atoms with van der Waals surface area (Å²) in [5.41, 5.74) is 1.84. The molecule has 0 saturated carbocycles. The summed E-state index contributed by atoms with van der Waals surface area (Å²) in [7, 11) is 0. The first-order valence-electron chi connectivity index (χ1n) is 8.57. The third-order valence-electron chi connectivity index (χ3n) is 4.31. The van der Waals surface area contributed by atoms with Crippen molar-refractivity contribution in [2.24, 2.45) is 0 Å². The lowest BCUT2D eigenvalue weighted by atomic mass is 10.2. The molecule has 0 atom stereocenters. The average Bonchev–Trinajstić information content (AvgIpc) is 2.65. The van der Waals surface area contributed by atoms with Gasteiger partial charge >= 0.3 is 6.03 Å². The zero-order chi connectivity index (χ0) is 18.4. The molecule has 1 fully saturated rings. The summed E-state index contributed by atoms with van der Waals surface area (Å²) in [6.45, 7) is 4.03. The Morgan fingerprint density at radius 1 is 1.12 bits per heavy atom. The van der Waals surface area contributed by atoms with Crippen LogP contribution in [0.3, 0.4) is 0 Å². The van der Waals surface area contributed by atoms with Gasteiger partial charge in [-0.25, -0.2) is 4.79 Å². The van der Waals surface area contributed by atoms with E-state index in [1.165, 1.54) is 5.56 Å². The van der Waals surface area contributed by atoms with Gasteiger partial charge in [-0.15, -0.1) is 0 Å². The molecule has 26 heavy (non-hydrogen) atoms. The van der Waals surface area contributed by atoms with E-state index in [2.05, 4.69) is 50.4 Å². The zero-order valence-electron chi connectivity index (χ0n) is 14.4. The fourth-order valence-corrected chi connectivity index (χ4v) is 3.54. The van der Waals surface area contributed by atoms with Crippen molar-refractivity contribution in [3.05, 3.63) is 69.7 Å². The Morgan fingerprint density at radius 2 is 1.85 bits per heavy atom. The van der Waals surface area contributed by atoms with E-state index < -0.39 is 0 Å². The number of amides is 2. The summed E-state index contributed by atoms with van der Waals surface area (Å²) in [4.78, 5) is 16.6. The van der Waals surface area contributed by atoms with E-state index in [0.29, 0.717) is 23.8 Å². The van der Waals surface area contributed by atoms with Crippen molar-refractivity contribution >= 4 is 45.3 Å². The highest BCUT2D eigenvalue weighted by Crippen LogP contribution is 2.26. The molecule has 136 valence electrons. The summed E-state index contributed by atoms with van der Waals surface area (Å²) in [6, 6.07) is 15.6. The van der Waals surface area contributed by atoms with Gasteiger partial charge in [-0.05, 0) is 23.8 Å². The molecule has 2 aromatic carbocycles. The number of hydrogen-bond acceptors (Lipinski definition) is 2. The summed E-state index contributed by atoms with van der Waals surface area (Å²) < 4.78 is 0.887. The first kappa shape index (κ1) is 19.0. The number of urea groups is 1. The molecule has 6 heteroatoms. The fourth-order valence-electron chi connectivity index (χ4n) is 2.82. The van der Waals surface area contributed by atoms with E-state index >= 15 is 0 Å². The Kier molecular flexibility index (Phi) is 6.72. The fraction of sp³-hybridized carbons (Fsp3) is 0.250. The van der Waals surface area contributed by atoms with Gasteiger partial charge < -0.3 is 10.2 Å². The quantitative estimate of drug-likeness (QED) is 0.738. The molecular weight excluding hydrogens is 414 g/mol. The molecule has 0 aromatic heterocycles. The smallest absolute Gasteiger partial charge is 0.321 e. The molecule has 4 nitrogen and oxygen atoms in total. The number of halogens is 2. The summed E-state index contributed by atoms with van der Waals surface area (Å²) >= 11 is 9.53. The van der Waals surface area contributed by atoms with Crippen LogP contribution in [0.1, 0.15) is 5.56 Å². The number of hydrogen-bond donors (Lipinski definition) is 1. The maximum atomic E-state index is 12.4. The number of rotatable bonds is 4. The van der Waals surface area contributed by atoms with E-state index in [4.69, 9.17) is 11.6 Å². The van der Waals surface area contributed by atoms with Crippen LogP contribution in [0.5, 0.6) is 0 Å². The van der Waals surface area contributed by atoms with E-state index in [9.17, 15) is 4.79 Å². The molecule has 3 rings (SSSR count). The Morgan fingerprint density at radius 3 is 2.54 bits per heavy atom. The molecule has 2 aromatic rings. The molecule has 2 amide bonds. The summed E-state index contributed by atoms with van der Waals surface area (Å²) in [5, 5.41) is 3.41. The number of carbonyl (C=O) groups is 1. The van der Waals surface area contributed by atoms with Crippen molar-refractivity contribution in [1.82, 2.24) is 9.80 Å². The van der Waals surface area contributed by atoms with Crippen molar-refractivity contribution < 1.29 is 4.79 Å². The summed E-state index contributed by atoms with van der Waals surface area (Å²) in [6.07, 6.45) is 4.31. The van der Waals surface area contributed by atoms with Crippen LogP contribution >= 0.6 is 27.5 Å². The average molecular weight is 435 g/mol. The van der Waals surface area contributed by atoms with Gasteiger partial charge in [-0.3, -0.25) is 4.90 Å². The van der Waals surface area contributed by atoms with Crippen LogP contribution in [0.4, 0.5) is 10.5 Å². The molecule has 0 unspecified atom stereocenters. The second kappa shape index (κ2) is 9.21. The van der Waals surface area contributed by atoms with Crippen LogP contribution in [-0.4, -0.2) is 48.6 Å². The van der Waals surface area contributed by atoms with E-state index in [1.807, 2.05) is 29.2 Å². The number of benzene rings is 2. The largest absolute Gasteiger partial charge is 0.322 e. The molecule has 0 radical (unpaired) electrons. The minimum Gasteiger partial charge on any atom is -0.322 e. The highest BCUT2D eigenvalue weighted by atomic mass is 79.9. The Hall–Kier alpha value is -1.82. The molecule has 1 aliphatic heterocycles. The highest BCUT2D eigenvalue weighted by Gasteiger charge is 2.20. The molecule has 1 saturated heterocycles. The standard InChI is InChI=1S/C20H21BrClN3O/c21-17-8-9-19(18(22)15-17)23-20(26)25-13-11-24(12-14-25)10-4-7-16-5-2-1-3-6-16/h1-9,15H,10-14H2,(H,23,26)/b7-4+. The van der Waals surface area contributed by atoms with Crippen LogP contribution in [0, 0.1) is 0 Å². The lowest BCUT2D eigenvalue weighted by Crippen LogP contribution is -2.49. The third-order valence-corrected chi connectivity index (χ3v) is 5.11. The predicted molar refractivity (Wildman–Crippen MR) is 112 cm³/mol. The van der Waals surface area contributed by atoms with Crippen molar-refractivity contribution in [2.75, 3.05) is 38.0 Å². The van der Waals surface area contributed by atoms with Gasteiger partial charge in [0.25, 0.3) is 0 Å². The Bertz CT molecular complexity index is 774. The van der Waals surface area contributed by atoms with Crippen molar-refractivity contribution in [2.45, 2.75) is 0 Å². The third kappa shape index (κ3) is 5.34. The van der Waals surface area contributed by atoms with Crippen LogP contribution in [0.2, 0.25) is 5.02 Å². The molecule has 0 spiro atoms. The van der Waals surface area contributed by atoms with Crippen molar-refractivity contribution in [3.8, 4) is 0 Å². The number of carbonyl (C=O) groups excluding carboxylic acids is 1. The van der Waals surface area contributed by atoms with Gasteiger partial charge in [0.05, 0.1) is 10.7 Å². The lowest BCUT2D eigenvalue weighted by molar-refractivity contribution is 0.156. The minimum absolute atomic E-state index is 0.103. The number of anilines is 1. The second-order valence-corrected chi connectivity index (χ2v) is 7.48. The monoisotopic (exact) mass is 433 g/mol. The maximum Gasteiger partial charge on any atom is 0.321 e. The van der Waals surface area contributed by atoms with Crippen molar-refractivity contribution in [3.63, 3.8) is 0 Å². The molecule has 1 N–H and O–H groups in total. The minimum atomic E-state index is -0.103. The topological polar surface area (TPSA) is 35.6 Å². The second-order valence-electron chi connectivity index (χ2n) is 6.16.